The molecule has 0 bridgehead atoms. The van der Waals surface area contributed by atoms with Crippen LogP contribution in [0.4, 0.5) is 5.69 Å². The molecule has 1 amide bonds. The molecule has 3 nitrogen and oxygen atoms in total. The first kappa shape index (κ1) is 10.7. The van der Waals surface area contributed by atoms with E-state index < -0.39 is 5.41 Å². The second kappa shape index (κ2) is 3.64. The van der Waals surface area contributed by atoms with Gasteiger partial charge in [0.15, 0.2) is 0 Å². The fourth-order valence-electron chi connectivity index (χ4n) is 1.58. The lowest BCUT2D eigenvalue weighted by Gasteiger charge is -2.09. The Labute approximate surface area is 95.1 Å². The first-order valence-corrected chi connectivity index (χ1v) is 5.37. The van der Waals surface area contributed by atoms with E-state index in [-0.39, 0.29) is 5.91 Å². The minimum atomic E-state index is -0.751. The van der Waals surface area contributed by atoms with Gasteiger partial charge in [0.2, 0.25) is 5.91 Å². The van der Waals surface area contributed by atoms with Crippen LogP contribution < -0.4 is 5.32 Å². The normalized spacial score (nSPS) is 16.3. The zero-order chi connectivity index (χ0) is 11.8. The summed E-state index contributed by atoms with van der Waals surface area (Å²) in [5, 5.41) is 11.7. The van der Waals surface area contributed by atoms with Crippen LogP contribution in [0.1, 0.15) is 24.0 Å². The number of hydrogen-bond acceptors (Lipinski definition) is 2. The molecule has 2 rings (SSSR count). The Hall–Kier alpha value is -1.82. The average Bonchev–Trinajstić information content (AvgIpc) is 3.04. The Morgan fingerprint density at radius 2 is 2.06 bits per heavy atom. The number of aryl methyl sites for hydroxylation is 2. The highest BCUT2D eigenvalue weighted by Crippen LogP contribution is 2.45. The summed E-state index contributed by atoms with van der Waals surface area (Å²) in [5.41, 5.74) is 2.35. The lowest BCUT2D eigenvalue weighted by Crippen LogP contribution is -2.22. The number of nitrogens with zero attached hydrogens (tertiary/aromatic N) is 1. The smallest absolute Gasteiger partial charge is 0.244 e. The standard InChI is InChI=1S/C13H14N2O/c1-9-3-4-11(7-10(9)2)15-12(16)13(8-14)5-6-13/h3-4,7H,5-6H2,1-2H3,(H,15,16). The number of benzene rings is 1. The number of carbonyl (C=O) groups is 1. The molecule has 1 aromatic carbocycles. The van der Waals surface area contributed by atoms with E-state index in [1.54, 1.807) is 0 Å². The lowest BCUT2D eigenvalue weighted by molar-refractivity contribution is -0.119. The van der Waals surface area contributed by atoms with E-state index in [9.17, 15) is 4.79 Å². The van der Waals surface area contributed by atoms with Gasteiger partial charge in [-0.1, -0.05) is 6.07 Å². The largest absolute Gasteiger partial charge is 0.325 e. The van der Waals surface area contributed by atoms with Crippen molar-refractivity contribution in [3.8, 4) is 6.07 Å². The maximum Gasteiger partial charge on any atom is 0.244 e. The first-order valence-electron chi connectivity index (χ1n) is 5.37. The van der Waals surface area contributed by atoms with E-state index in [2.05, 4.69) is 11.4 Å². The predicted octanol–water partition coefficient (Wildman–Crippen LogP) is 2.55. The number of rotatable bonds is 2. The molecule has 16 heavy (non-hydrogen) atoms. The summed E-state index contributed by atoms with van der Waals surface area (Å²) < 4.78 is 0. The number of nitriles is 1. The molecule has 0 radical (unpaired) electrons. The molecule has 3 heteroatoms. The topological polar surface area (TPSA) is 52.9 Å². The zero-order valence-corrected chi connectivity index (χ0v) is 9.50. The van der Waals surface area contributed by atoms with Crippen LogP contribution in [0.5, 0.6) is 0 Å². The molecule has 1 saturated carbocycles. The first-order chi connectivity index (χ1) is 7.57. The maximum atomic E-state index is 11.8. The fraction of sp³-hybridized carbons (Fsp3) is 0.385. The number of hydrogen-bond donors (Lipinski definition) is 1. The van der Waals surface area contributed by atoms with Crippen molar-refractivity contribution in [1.82, 2.24) is 0 Å². The molecule has 0 heterocycles. The van der Waals surface area contributed by atoms with Crippen LogP contribution in [0.15, 0.2) is 18.2 Å². The molecule has 1 aromatic rings. The van der Waals surface area contributed by atoms with E-state index in [1.807, 2.05) is 32.0 Å². The summed E-state index contributed by atoms with van der Waals surface area (Å²) >= 11 is 0. The number of nitrogens with one attached hydrogen (secondary N) is 1. The maximum absolute atomic E-state index is 11.8. The quantitative estimate of drug-likeness (QED) is 0.822. The summed E-state index contributed by atoms with van der Waals surface area (Å²) in [6.07, 6.45) is 1.36. The molecular weight excluding hydrogens is 200 g/mol. The molecule has 1 aliphatic rings. The van der Waals surface area contributed by atoms with E-state index in [0.717, 1.165) is 11.3 Å². The van der Waals surface area contributed by atoms with Gasteiger partial charge in [-0.25, -0.2) is 0 Å². The fourth-order valence-corrected chi connectivity index (χ4v) is 1.58. The number of anilines is 1. The van der Waals surface area contributed by atoms with Crippen molar-refractivity contribution < 1.29 is 4.79 Å². The molecule has 0 aromatic heterocycles. The predicted molar refractivity (Wildman–Crippen MR) is 61.8 cm³/mol. The van der Waals surface area contributed by atoms with Gasteiger partial charge in [0.1, 0.15) is 5.41 Å². The SMILES string of the molecule is Cc1ccc(NC(=O)C2(C#N)CC2)cc1C. The second-order valence-corrected chi connectivity index (χ2v) is 4.45. The van der Waals surface area contributed by atoms with Crippen molar-refractivity contribution in [2.24, 2.45) is 5.41 Å². The van der Waals surface area contributed by atoms with Crippen LogP contribution >= 0.6 is 0 Å². The van der Waals surface area contributed by atoms with Gasteiger partial charge >= 0.3 is 0 Å². The number of carbonyl (C=O) groups excluding carboxylic acids is 1. The van der Waals surface area contributed by atoms with E-state index in [4.69, 9.17) is 5.26 Å². The molecule has 0 unspecified atom stereocenters. The van der Waals surface area contributed by atoms with Gasteiger partial charge in [-0.2, -0.15) is 5.26 Å². The molecule has 0 atom stereocenters. The molecule has 1 fully saturated rings. The third-order valence-corrected chi connectivity index (χ3v) is 3.16. The Morgan fingerprint density at radius 3 is 2.56 bits per heavy atom. The van der Waals surface area contributed by atoms with Gasteiger partial charge in [-0.05, 0) is 49.9 Å². The third kappa shape index (κ3) is 1.79. The zero-order valence-electron chi connectivity index (χ0n) is 9.50. The third-order valence-electron chi connectivity index (χ3n) is 3.16. The Kier molecular flexibility index (Phi) is 2.43. The molecule has 0 spiro atoms. The summed E-state index contributed by atoms with van der Waals surface area (Å²) in [6, 6.07) is 7.86. The molecule has 0 saturated heterocycles. The Balaban J connectivity index is 2.13. The van der Waals surface area contributed by atoms with Crippen molar-refractivity contribution in [1.29, 1.82) is 5.26 Å². The van der Waals surface area contributed by atoms with Crippen molar-refractivity contribution in [2.45, 2.75) is 26.7 Å². The molecule has 1 aliphatic carbocycles. The van der Waals surface area contributed by atoms with Gasteiger partial charge in [-0.15, -0.1) is 0 Å². The molecule has 0 aliphatic heterocycles. The van der Waals surface area contributed by atoms with Crippen LogP contribution in [-0.2, 0) is 4.79 Å². The van der Waals surface area contributed by atoms with Crippen LogP contribution in [0, 0.1) is 30.6 Å². The minimum absolute atomic E-state index is 0.168. The van der Waals surface area contributed by atoms with Crippen LogP contribution in [0.25, 0.3) is 0 Å². The van der Waals surface area contributed by atoms with E-state index >= 15 is 0 Å². The van der Waals surface area contributed by atoms with E-state index in [0.29, 0.717) is 12.8 Å². The van der Waals surface area contributed by atoms with Crippen LogP contribution in [-0.4, -0.2) is 5.91 Å². The van der Waals surface area contributed by atoms with Gasteiger partial charge in [0.05, 0.1) is 6.07 Å². The highest BCUT2D eigenvalue weighted by Gasteiger charge is 2.50. The highest BCUT2D eigenvalue weighted by atomic mass is 16.2. The van der Waals surface area contributed by atoms with Crippen molar-refractivity contribution >= 4 is 11.6 Å². The molecule has 82 valence electrons. The van der Waals surface area contributed by atoms with Crippen LogP contribution in [0.3, 0.4) is 0 Å². The van der Waals surface area contributed by atoms with E-state index in [1.165, 1.54) is 5.56 Å². The highest BCUT2D eigenvalue weighted by molar-refractivity contribution is 5.99. The summed E-state index contributed by atoms with van der Waals surface area (Å²) in [4.78, 5) is 11.8. The lowest BCUT2D eigenvalue weighted by atomic mass is 10.1. The molecular formula is C13H14N2O. The second-order valence-electron chi connectivity index (χ2n) is 4.45. The van der Waals surface area contributed by atoms with Gasteiger partial charge in [0.25, 0.3) is 0 Å². The summed E-state index contributed by atoms with van der Waals surface area (Å²) in [6.45, 7) is 4.03. The van der Waals surface area contributed by atoms with Crippen molar-refractivity contribution in [3.05, 3.63) is 29.3 Å². The van der Waals surface area contributed by atoms with Crippen molar-refractivity contribution in [3.63, 3.8) is 0 Å². The Bertz CT molecular complexity index is 481. The Morgan fingerprint density at radius 1 is 1.38 bits per heavy atom. The molecule has 1 N–H and O–H groups in total. The van der Waals surface area contributed by atoms with Gasteiger partial charge in [0, 0.05) is 5.69 Å². The van der Waals surface area contributed by atoms with Gasteiger partial charge < -0.3 is 5.32 Å². The summed E-state index contributed by atoms with van der Waals surface area (Å²) in [7, 11) is 0. The van der Waals surface area contributed by atoms with Crippen molar-refractivity contribution in [2.75, 3.05) is 5.32 Å². The average molecular weight is 214 g/mol. The minimum Gasteiger partial charge on any atom is -0.325 e. The summed E-state index contributed by atoms with van der Waals surface area (Å²) in [5.74, 6) is -0.168. The van der Waals surface area contributed by atoms with Crippen LogP contribution in [0.2, 0.25) is 0 Å². The monoisotopic (exact) mass is 214 g/mol. The number of amides is 1. The van der Waals surface area contributed by atoms with Gasteiger partial charge in [-0.3, -0.25) is 4.79 Å².